The van der Waals surface area contributed by atoms with Gasteiger partial charge in [0.05, 0.1) is 5.69 Å². The molecule has 0 aliphatic rings. The largest absolute Gasteiger partial charge is 0.456 e. The minimum Gasteiger partial charge on any atom is -0.456 e. The highest BCUT2D eigenvalue weighted by atomic mass is 16.3. The zero-order chi connectivity index (χ0) is 43.6. The Morgan fingerprint density at radius 3 is 1.48 bits per heavy atom. The highest BCUT2D eigenvalue weighted by molar-refractivity contribution is 6.14. The Morgan fingerprint density at radius 1 is 0.258 bits per heavy atom. The van der Waals surface area contributed by atoms with Crippen molar-refractivity contribution in [2.24, 2.45) is 0 Å². The van der Waals surface area contributed by atoms with Crippen LogP contribution in [-0.4, -0.2) is 0 Å². The molecule has 0 amide bonds. The summed E-state index contributed by atoms with van der Waals surface area (Å²) in [6.07, 6.45) is 0. The van der Waals surface area contributed by atoms with Crippen LogP contribution < -0.4 is 4.90 Å². The van der Waals surface area contributed by atoms with Gasteiger partial charge in [0, 0.05) is 27.7 Å². The van der Waals surface area contributed by atoms with Crippen LogP contribution in [0.2, 0.25) is 0 Å². The van der Waals surface area contributed by atoms with Crippen LogP contribution in [0.4, 0.5) is 17.1 Å². The summed E-state index contributed by atoms with van der Waals surface area (Å²) >= 11 is 0. The van der Waals surface area contributed by atoms with E-state index in [0.717, 1.165) is 61.3 Å². The Bertz CT molecular complexity index is 3970. The summed E-state index contributed by atoms with van der Waals surface area (Å²) in [4.78, 5) is 2.40. The van der Waals surface area contributed by atoms with Gasteiger partial charge in [0.25, 0.3) is 0 Å². The van der Waals surface area contributed by atoms with Crippen LogP contribution in [0.3, 0.4) is 0 Å². The Labute approximate surface area is 382 Å². The minimum atomic E-state index is 0.896. The second-order valence-electron chi connectivity index (χ2n) is 17.2. The van der Waals surface area contributed by atoms with Crippen LogP contribution in [0.1, 0.15) is 0 Å². The molecule has 2 nitrogen and oxygen atoms in total. The lowest BCUT2D eigenvalue weighted by Gasteiger charge is -2.28. The normalized spacial score (nSPS) is 11.6. The van der Waals surface area contributed by atoms with Gasteiger partial charge in [-0.05, 0) is 131 Å². The molecule has 0 spiro atoms. The van der Waals surface area contributed by atoms with Gasteiger partial charge in [0.1, 0.15) is 11.2 Å². The van der Waals surface area contributed by atoms with E-state index in [1.165, 1.54) is 65.3 Å². The maximum atomic E-state index is 6.29. The third kappa shape index (κ3) is 6.34. The van der Waals surface area contributed by atoms with Crippen LogP contribution in [0.25, 0.3) is 110 Å². The number of furan rings is 1. The number of para-hydroxylation sites is 2. The molecule has 0 N–H and O–H groups in total. The fourth-order valence-corrected chi connectivity index (χ4v) is 10.3. The number of rotatable bonds is 7. The molecule has 0 aliphatic carbocycles. The summed E-state index contributed by atoms with van der Waals surface area (Å²) < 4.78 is 6.29. The molecule has 0 fully saturated rings. The molecule has 0 radical (unpaired) electrons. The molecule has 13 aromatic rings. The van der Waals surface area contributed by atoms with Gasteiger partial charge in [-0.15, -0.1) is 0 Å². The van der Waals surface area contributed by atoms with Gasteiger partial charge in [0.2, 0.25) is 0 Å². The van der Waals surface area contributed by atoms with E-state index in [-0.39, 0.29) is 0 Å². The summed E-state index contributed by atoms with van der Waals surface area (Å²) in [5, 5.41) is 12.4. The summed E-state index contributed by atoms with van der Waals surface area (Å²) in [5.74, 6) is 0. The molecule has 66 heavy (non-hydrogen) atoms. The lowest BCUT2D eigenvalue weighted by atomic mass is 9.94. The van der Waals surface area contributed by atoms with E-state index in [2.05, 4.69) is 241 Å². The zero-order valence-electron chi connectivity index (χ0n) is 36.0. The molecule has 0 unspecified atom stereocenters. The lowest BCUT2D eigenvalue weighted by Crippen LogP contribution is -2.11. The van der Waals surface area contributed by atoms with E-state index in [1.54, 1.807) is 0 Å². The van der Waals surface area contributed by atoms with Crippen LogP contribution in [0, 0.1) is 0 Å². The maximum Gasteiger partial charge on any atom is 0.136 e. The quantitative estimate of drug-likeness (QED) is 0.149. The first-order chi connectivity index (χ1) is 32.7. The van der Waals surface area contributed by atoms with Crippen molar-refractivity contribution < 1.29 is 4.42 Å². The van der Waals surface area contributed by atoms with Gasteiger partial charge in [-0.3, -0.25) is 0 Å². The molecular weight excluding hydrogens is 799 g/mol. The summed E-state index contributed by atoms with van der Waals surface area (Å²) in [6.45, 7) is 0. The predicted molar refractivity (Wildman–Crippen MR) is 280 cm³/mol. The first-order valence-electron chi connectivity index (χ1n) is 22.7. The average molecular weight is 840 g/mol. The average Bonchev–Trinajstić information content (AvgIpc) is 3.78. The molecule has 1 aromatic heterocycles. The van der Waals surface area contributed by atoms with Gasteiger partial charge in [-0.2, -0.15) is 0 Å². The number of benzene rings is 12. The van der Waals surface area contributed by atoms with Crippen LogP contribution in [-0.2, 0) is 0 Å². The number of hydrogen-bond acceptors (Lipinski definition) is 2. The van der Waals surface area contributed by atoms with Gasteiger partial charge < -0.3 is 9.32 Å². The van der Waals surface area contributed by atoms with E-state index >= 15 is 0 Å². The molecule has 0 bridgehead atoms. The number of nitrogens with zero attached hydrogens (tertiary/aromatic N) is 1. The highest BCUT2D eigenvalue weighted by Crippen LogP contribution is 2.44. The molecule has 308 valence electrons. The Morgan fingerprint density at radius 2 is 0.727 bits per heavy atom. The Balaban J connectivity index is 0.917. The second kappa shape index (κ2) is 15.5. The number of anilines is 3. The van der Waals surface area contributed by atoms with Crippen molar-refractivity contribution in [2.75, 3.05) is 4.90 Å². The van der Waals surface area contributed by atoms with E-state index in [4.69, 9.17) is 4.42 Å². The van der Waals surface area contributed by atoms with Gasteiger partial charge in [-0.1, -0.05) is 200 Å². The van der Waals surface area contributed by atoms with Crippen LogP contribution >= 0.6 is 0 Å². The third-order valence-electron chi connectivity index (χ3n) is 13.5. The van der Waals surface area contributed by atoms with Gasteiger partial charge >= 0.3 is 0 Å². The van der Waals surface area contributed by atoms with Crippen molar-refractivity contribution in [1.29, 1.82) is 0 Å². The van der Waals surface area contributed by atoms with Gasteiger partial charge in [0.15, 0.2) is 0 Å². The molecule has 0 aliphatic heterocycles. The Hall–Kier alpha value is -8.72. The molecule has 13 rings (SSSR count). The molecule has 12 aromatic carbocycles. The van der Waals surface area contributed by atoms with Crippen LogP contribution in [0.15, 0.2) is 253 Å². The van der Waals surface area contributed by atoms with Crippen molar-refractivity contribution in [2.45, 2.75) is 0 Å². The van der Waals surface area contributed by atoms with E-state index < -0.39 is 0 Å². The molecule has 0 saturated heterocycles. The first-order valence-corrected chi connectivity index (χ1v) is 22.7. The number of fused-ring (bicyclic) bond motifs is 9. The van der Waals surface area contributed by atoms with Crippen molar-refractivity contribution >= 4 is 82.1 Å². The summed E-state index contributed by atoms with van der Waals surface area (Å²) in [6, 6.07) is 90.3. The maximum absolute atomic E-state index is 6.29. The second-order valence-corrected chi connectivity index (χ2v) is 17.2. The molecule has 0 saturated carbocycles. The predicted octanol–water partition coefficient (Wildman–Crippen LogP) is 18.3. The summed E-state index contributed by atoms with van der Waals surface area (Å²) in [5.41, 5.74) is 14.4. The van der Waals surface area contributed by atoms with Crippen molar-refractivity contribution in [3.05, 3.63) is 249 Å². The van der Waals surface area contributed by atoms with Crippen molar-refractivity contribution in [1.82, 2.24) is 0 Å². The Kier molecular flexibility index (Phi) is 8.89. The van der Waals surface area contributed by atoms with E-state index in [9.17, 15) is 0 Å². The smallest absolute Gasteiger partial charge is 0.136 e. The molecule has 0 atom stereocenters. The van der Waals surface area contributed by atoms with Crippen LogP contribution in [0.5, 0.6) is 0 Å². The fraction of sp³-hybridized carbons (Fsp3) is 0. The highest BCUT2D eigenvalue weighted by Gasteiger charge is 2.19. The standard InChI is InChI=1S/C64H41NO/c1-3-13-52-44(12-1)35-40-58-53(17-9-19-57(52)58)45-31-36-50(37-32-45)65(51-38-33-47(34-39-51)56-18-10-22-63-64(56)59-16-6-8-21-62(59)66-63)61-20-7-5-15-55(61)46-25-23-42(24-26-46)49-30-29-48-28-27-43-11-2-4-14-54(43)60(48)41-49/h1-41H. The lowest BCUT2D eigenvalue weighted by molar-refractivity contribution is 0.669. The van der Waals surface area contributed by atoms with Crippen molar-refractivity contribution in [3.63, 3.8) is 0 Å². The van der Waals surface area contributed by atoms with E-state index in [1.807, 2.05) is 12.1 Å². The zero-order valence-corrected chi connectivity index (χ0v) is 36.0. The van der Waals surface area contributed by atoms with Crippen molar-refractivity contribution in [3.8, 4) is 44.5 Å². The molecule has 2 heteroatoms. The van der Waals surface area contributed by atoms with E-state index in [0.29, 0.717) is 0 Å². The monoisotopic (exact) mass is 839 g/mol. The number of hydrogen-bond donors (Lipinski definition) is 0. The first kappa shape index (κ1) is 37.8. The summed E-state index contributed by atoms with van der Waals surface area (Å²) in [7, 11) is 0. The minimum absolute atomic E-state index is 0.896. The SMILES string of the molecule is c1ccc(N(c2ccc(-c3cccc4c3ccc3ccccc34)cc2)c2ccc(-c3cccc4oc5ccccc5c34)cc2)c(-c2ccc(-c3ccc4ccc5ccccc5c4c3)cc2)c1. The van der Waals surface area contributed by atoms with Gasteiger partial charge in [-0.25, -0.2) is 0 Å². The molecular formula is C64H41NO. The molecule has 1 heterocycles. The third-order valence-corrected chi connectivity index (χ3v) is 13.5. The fourth-order valence-electron chi connectivity index (χ4n) is 10.3. The topological polar surface area (TPSA) is 16.4 Å².